The zero-order chi connectivity index (χ0) is 14.9. The fourth-order valence-corrected chi connectivity index (χ4v) is 3.59. The monoisotopic (exact) mass is 455 g/mol. The molecule has 1 radical (unpaired) electrons. The number of fused-ring (bicyclic) bond motifs is 1. The molecule has 0 aliphatic heterocycles. The van der Waals surface area contributed by atoms with Crippen molar-refractivity contribution in [1.29, 1.82) is 0 Å². The van der Waals surface area contributed by atoms with Gasteiger partial charge in [0, 0.05) is 6.61 Å². The molecule has 1 aliphatic rings. The Kier molecular flexibility index (Phi) is 10.2. The molecule has 1 aliphatic carbocycles. The minimum Gasteiger partial charge on any atom is -1.00 e. The second kappa shape index (κ2) is 10.2. The standard InChI is InChI=1S/C19H23OSi.2ClH.Zr/c1-21(2,3)20-12-11-15-9-6-10-19(15)18-13-16-7-4-5-8-17(16)14-18;;;/h4-9,13-14H,10-12H2,1-3H3;2*1H;/q-1;;;+3/p-2. The SMILES string of the molecule is C[Si](C)(C)OCCC1=C(c2cc3ccccc3[cH-]2)CC=C1.[Cl-].[Cl-].[Zr+3]. The van der Waals surface area contributed by atoms with Gasteiger partial charge in [0.2, 0.25) is 0 Å². The van der Waals surface area contributed by atoms with Crippen molar-refractivity contribution in [2.75, 3.05) is 6.61 Å². The number of allylic oxidation sites excluding steroid dienone is 3. The van der Waals surface area contributed by atoms with E-state index >= 15 is 0 Å². The van der Waals surface area contributed by atoms with E-state index in [0.29, 0.717) is 0 Å². The third-order valence-corrected chi connectivity index (χ3v) is 4.97. The van der Waals surface area contributed by atoms with Gasteiger partial charge in [-0.1, -0.05) is 41.5 Å². The van der Waals surface area contributed by atoms with Gasteiger partial charge in [-0.25, -0.2) is 0 Å². The summed E-state index contributed by atoms with van der Waals surface area (Å²) in [6.45, 7) is 7.59. The van der Waals surface area contributed by atoms with Crippen LogP contribution in [0.1, 0.15) is 18.4 Å². The van der Waals surface area contributed by atoms with Crippen molar-refractivity contribution in [2.24, 2.45) is 0 Å². The van der Waals surface area contributed by atoms with Crippen LogP contribution in [0.25, 0.3) is 16.3 Å². The van der Waals surface area contributed by atoms with Crippen LogP contribution in [0.4, 0.5) is 0 Å². The molecule has 0 spiro atoms. The van der Waals surface area contributed by atoms with Gasteiger partial charge in [-0.3, -0.25) is 0 Å². The van der Waals surface area contributed by atoms with Crippen LogP contribution in [0, 0.1) is 0 Å². The Labute approximate surface area is 178 Å². The van der Waals surface area contributed by atoms with E-state index in [4.69, 9.17) is 4.43 Å². The minimum absolute atomic E-state index is 0. The van der Waals surface area contributed by atoms with E-state index in [-0.39, 0.29) is 51.0 Å². The molecule has 2 aromatic rings. The normalized spacial score (nSPS) is 13.5. The topological polar surface area (TPSA) is 9.23 Å². The van der Waals surface area contributed by atoms with Gasteiger partial charge >= 0.3 is 26.2 Å². The molecule has 0 unspecified atom stereocenters. The minimum atomic E-state index is -1.40. The third kappa shape index (κ3) is 6.04. The summed E-state index contributed by atoms with van der Waals surface area (Å²) in [5.74, 6) is 0. The maximum absolute atomic E-state index is 6.01. The van der Waals surface area contributed by atoms with E-state index < -0.39 is 8.32 Å². The largest absolute Gasteiger partial charge is 3.00 e. The predicted molar refractivity (Wildman–Crippen MR) is 94.1 cm³/mol. The molecule has 0 heterocycles. The van der Waals surface area contributed by atoms with E-state index in [2.05, 4.69) is 68.2 Å². The smallest absolute Gasteiger partial charge is 1.00 e. The maximum Gasteiger partial charge on any atom is 3.00 e. The number of rotatable bonds is 5. The molecule has 127 valence electrons. The number of hydrogen-bond donors (Lipinski definition) is 0. The van der Waals surface area contributed by atoms with Gasteiger partial charge in [0.05, 0.1) is 0 Å². The molecular weight excluding hydrogens is 434 g/mol. The first-order chi connectivity index (χ1) is 10.0. The maximum atomic E-state index is 6.01. The Morgan fingerprint density at radius 1 is 1.12 bits per heavy atom. The van der Waals surface area contributed by atoms with E-state index in [9.17, 15) is 0 Å². The summed E-state index contributed by atoms with van der Waals surface area (Å²) < 4.78 is 6.01. The predicted octanol–water partition coefficient (Wildman–Crippen LogP) is -0.481. The average molecular weight is 458 g/mol. The van der Waals surface area contributed by atoms with Crippen molar-refractivity contribution in [2.45, 2.75) is 32.5 Å². The van der Waals surface area contributed by atoms with Crippen molar-refractivity contribution >= 4 is 24.7 Å². The molecule has 0 atom stereocenters. The van der Waals surface area contributed by atoms with Crippen molar-refractivity contribution in [1.82, 2.24) is 0 Å². The van der Waals surface area contributed by atoms with Crippen LogP contribution in [-0.2, 0) is 30.6 Å². The van der Waals surface area contributed by atoms with Crippen LogP contribution in [0.5, 0.6) is 0 Å². The third-order valence-electron chi connectivity index (χ3n) is 3.90. The van der Waals surface area contributed by atoms with Crippen LogP contribution in [0.2, 0.25) is 19.6 Å². The Hall–Kier alpha value is -0.0500. The molecular formula is C19H23Cl2OSiZr. The molecule has 0 fully saturated rings. The van der Waals surface area contributed by atoms with Gasteiger partial charge in [-0.2, -0.15) is 0 Å². The first kappa shape index (κ1) is 23.9. The molecule has 24 heavy (non-hydrogen) atoms. The Morgan fingerprint density at radius 2 is 1.83 bits per heavy atom. The van der Waals surface area contributed by atoms with Crippen LogP contribution >= 0.6 is 0 Å². The molecule has 0 N–H and O–H groups in total. The molecule has 3 rings (SSSR count). The summed E-state index contributed by atoms with van der Waals surface area (Å²) >= 11 is 0. The van der Waals surface area contributed by atoms with Crippen LogP contribution in [0.3, 0.4) is 0 Å². The first-order valence-corrected chi connectivity index (χ1v) is 11.1. The molecule has 1 nitrogen and oxygen atoms in total. The average Bonchev–Trinajstić information content (AvgIpc) is 3.02. The zero-order valence-electron chi connectivity index (χ0n) is 14.4. The molecule has 0 aromatic heterocycles. The van der Waals surface area contributed by atoms with Gasteiger partial charge < -0.3 is 29.2 Å². The van der Waals surface area contributed by atoms with Crippen molar-refractivity contribution in [3.63, 3.8) is 0 Å². The molecule has 0 amide bonds. The molecule has 2 aromatic carbocycles. The quantitative estimate of drug-likeness (QED) is 0.436. The summed E-state index contributed by atoms with van der Waals surface area (Å²) in [4.78, 5) is 0. The van der Waals surface area contributed by atoms with Gasteiger partial charge in [0.1, 0.15) is 0 Å². The number of benzene rings is 1. The fourth-order valence-electron chi connectivity index (χ4n) is 2.88. The second-order valence-corrected chi connectivity index (χ2v) is 11.2. The van der Waals surface area contributed by atoms with E-state index in [1.54, 1.807) is 0 Å². The van der Waals surface area contributed by atoms with Crippen molar-refractivity contribution in [3.05, 3.63) is 59.7 Å². The molecule has 0 saturated heterocycles. The van der Waals surface area contributed by atoms with Gasteiger partial charge in [-0.05, 0) is 32.5 Å². The Bertz CT molecular complexity index is 680. The Balaban J connectivity index is 0.00000176. The molecule has 0 bridgehead atoms. The second-order valence-electron chi connectivity index (χ2n) is 6.69. The fraction of sp³-hybridized carbons (Fsp3) is 0.316. The van der Waals surface area contributed by atoms with Crippen molar-refractivity contribution < 1.29 is 55.4 Å². The summed E-state index contributed by atoms with van der Waals surface area (Å²) in [6, 6.07) is 13.2. The summed E-state index contributed by atoms with van der Waals surface area (Å²) in [6.07, 6.45) is 6.63. The van der Waals surface area contributed by atoms with Crippen LogP contribution in [0.15, 0.2) is 54.1 Å². The van der Waals surface area contributed by atoms with E-state index in [1.807, 2.05) is 0 Å². The van der Waals surface area contributed by atoms with E-state index in [0.717, 1.165) is 19.4 Å². The van der Waals surface area contributed by atoms with Gasteiger partial charge in [-0.15, -0.1) is 34.5 Å². The van der Waals surface area contributed by atoms with Crippen LogP contribution in [-0.4, -0.2) is 14.9 Å². The summed E-state index contributed by atoms with van der Waals surface area (Å²) in [7, 11) is -1.40. The zero-order valence-corrected chi connectivity index (χ0v) is 19.4. The van der Waals surface area contributed by atoms with Crippen molar-refractivity contribution in [3.8, 4) is 0 Å². The first-order valence-electron chi connectivity index (χ1n) is 7.71. The number of halogens is 2. The van der Waals surface area contributed by atoms with E-state index in [1.165, 1.54) is 27.5 Å². The van der Waals surface area contributed by atoms with Crippen LogP contribution < -0.4 is 24.8 Å². The Morgan fingerprint density at radius 3 is 2.50 bits per heavy atom. The summed E-state index contributed by atoms with van der Waals surface area (Å²) in [5.41, 5.74) is 4.30. The van der Waals surface area contributed by atoms with Gasteiger partial charge in [0.15, 0.2) is 8.32 Å². The molecule has 5 heteroatoms. The molecule has 0 saturated carbocycles. The van der Waals surface area contributed by atoms with Gasteiger partial charge in [0.25, 0.3) is 0 Å². The summed E-state index contributed by atoms with van der Waals surface area (Å²) in [5, 5.41) is 2.68. The number of hydrogen-bond acceptors (Lipinski definition) is 1.